The van der Waals surface area contributed by atoms with Gasteiger partial charge in [0.1, 0.15) is 5.78 Å². The number of ketones is 1. The summed E-state index contributed by atoms with van der Waals surface area (Å²) in [5.41, 5.74) is -0.139. The van der Waals surface area contributed by atoms with Crippen molar-refractivity contribution in [3.63, 3.8) is 0 Å². The Morgan fingerprint density at radius 1 is 1.25 bits per heavy atom. The fourth-order valence-corrected chi connectivity index (χ4v) is 0. The third-order valence-corrected chi connectivity index (χ3v) is 1.06. The number of rotatable bonds is 0. The van der Waals surface area contributed by atoms with Gasteiger partial charge in [-0.15, -0.1) is 0 Å². The molecule has 0 rings (SSSR count). The van der Waals surface area contributed by atoms with Gasteiger partial charge in [-0.05, 0) is 6.92 Å². The Morgan fingerprint density at radius 3 is 1.38 bits per heavy atom. The van der Waals surface area contributed by atoms with E-state index in [4.69, 9.17) is 0 Å². The van der Waals surface area contributed by atoms with Gasteiger partial charge in [-0.3, -0.25) is 4.79 Å². The Hall–Kier alpha value is 0.930. The molecule has 0 aromatic carbocycles. The molecule has 2 heteroatoms. The normalized spacial score (nSPS) is 10.0. The van der Waals surface area contributed by atoms with Crippen LogP contribution in [-0.4, -0.2) is 43.5 Å². The molecule has 0 fully saturated rings. The van der Waals surface area contributed by atoms with Crippen LogP contribution in [0.25, 0.3) is 0 Å². The first-order valence-corrected chi connectivity index (χ1v) is 2.45. The Kier molecular flexibility index (Phi) is 5.64. The van der Waals surface area contributed by atoms with Crippen LogP contribution in [0.4, 0.5) is 0 Å². The zero-order valence-electron chi connectivity index (χ0n) is 5.41. The fourth-order valence-electron chi connectivity index (χ4n) is 0. The summed E-state index contributed by atoms with van der Waals surface area (Å²) >= 11 is 0. The molecule has 0 aromatic rings. The van der Waals surface area contributed by atoms with E-state index < -0.39 is 0 Å². The van der Waals surface area contributed by atoms with Crippen molar-refractivity contribution in [2.24, 2.45) is 5.41 Å². The number of carbonyl (C=O) groups is 1. The molecular formula is C6H14CaO. The van der Waals surface area contributed by atoms with E-state index in [9.17, 15) is 4.79 Å². The second-order valence-electron chi connectivity index (χ2n) is 2.81. The molecule has 0 saturated carbocycles. The van der Waals surface area contributed by atoms with Crippen molar-refractivity contribution in [3.05, 3.63) is 0 Å². The molecule has 0 aliphatic carbocycles. The van der Waals surface area contributed by atoms with Gasteiger partial charge < -0.3 is 0 Å². The van der Waals surface area contributed by atoms with Crippen molar-refractivity contribution < 1.29 is 4.79 Å². The summed E-state index contributed by atoms with van der Waals surface area (Å²) in [6.45, 7) is 7.35. The quantitative estimate of drug-likeness (QED) is 0.455. The van der Waals surface area contributed by atoms with Crippen LogP contribution in [0, 0.1) is 5.41 Å². The van der Waals surface area contributed by atoms with Crippen molar-refractivity contribution in [1.82, 2.24) is 0 Å². The third-order valence-electron chi connectivity index (χ3n) is 1.06. The van der Waals surface area contributed by atoms with Gasteiger partial charge in [0.25, 0.3) is 0 Å². The average Bonchev–Trinajstić information content (AvgIpc) is 1.31. The molecule has 0 aliphatic heterocycles. The van der Waals surface area contributed by atoms with Crippen LogP contribution in [-0.2, 0) is 4.79 Å². The van der Waals surface area contributed by atoms with Gasteiger partial charge in [0.2, 0.25) is 0 Å². The van der Waals surface area contributed by atoms with Crippen molar-refractivity contribution in [1.29, 1.82) is 0 Å². The maximum atomic E-state index is 10.5. The van der Waals surface area contributed by atoms with E-state index in [2.05, 4.69) is 0 Å². The van der Waals surface area contributed by atoms with Gasteiger partial charge >= 0.3 is 37.7 Å². The topological polar surface area (TPSA) is 17.1 Å². The number of hydrogen-bond acceptors (Lipinski definition) is 1. The van der Waals surface area contributed by atoms with Crippen molar-refractivity contribution >= 4 is 43.5 Å². The molecule has 0 heterocycles. The molecular weight excluding hydrogens is 128 g/mol. The summed E-state index contributed by atoms with van der Waals surface area (Å²) in [7, 11) is 0. The van der Waals surface area contributed by atoms with E-state index in [0.29, 0.717) is 0 Å². The summed E-state index contributed by atoms with van der Waals surface area (Å²) in [5.74, 6) is 0.243. The zero-order chi connectivity index (χ0) is 6.08. The third kappa shape index (κ3) is 5.07. The summed E-state index contributed by atoms with van der Waals surface area (Å²) in [6, 6.07) is 0. The van der Waals surface area contributed by atoms with E-state index in [1.54, 1.807) is 6.92 Å². The first-order chi connectivity index (χ1) is 2.94. The molecule has 0 N–H and O–H groups in total. The Balaban J connectivity index is 0. The Labute approximate surface area is 80.8 Å². The minimum absolute atomic E-state index is 0. The van der Waals surface area contributed by atoms with Crippen LogP contribution in [0.3, 0.4) is 0 Å². The predicted molar refractivity (Wildman–Crippen MR) is 38.7 cm³/mol. The first-order valence-electron chi connectivity index (χ1n) is 2.45. The van der Waals surface area contributed by atoms with Crippen LogP contribution >= 0.6 is 0 Å². The van der Waals surface area contributed by atoms with E-state index in [1.165, 1.54) is 0 Å². The second-order valence-corrected chi connectivity index (χ2v) is 2.81. The molecule has 0 amide bonds. The Bertz CT molecular complexity index is 81.0. The summed E-state index contributed by atoms with van der Waals surface area (Å²) in [5, 5.41) is 0. The van der Waals surface area contributed by atoms with Gasteiger partial charge in [-0.25, -0.2) is 0 Å². The molecule has 0 aliphatic rings. The number of Topliss-reactive ketones (excluding diaryl/α,β-unsaturated/α-hetero) is 1. The van der Waals surface area contributed by atoms with Crippen LogP contribution < -0.4 is 0 Å². The molecule has 46 valence electrons. The number of hydrogen-bond donors (Lipinski definition) is 0. The van der Waals surface area contributed by atoms with Crippen LogP contribution in [0.5, 0.6) is 0 Å². The van der Waals surface area contributed by atoms with Crippen LogP contribution in [0.1, 0.15) is 27.7 Å². The van der Waals surface area contributed by atoms with Crippen molar-refractivity contribution in [2.75, 3.05) is 0 Å². The molecule has 0 radical (unpaired) electrons. The van der Waals surface area contributed by atoms with Gasteiger partial charge in [0.15, 0.2) is 0 Å². The first kappa shape index (κ1) is 11.7. The standard InChI is InChI=1S/C6H12O.Ca.2H/c1-5(7)6(2,3)4;;;/h1-4H3;;;. The molecule has 1 nitrogen and oxygen atoms in total. The maximum absolute atomic E-state index is 10.5. The molecule has 0 aromatic heterocycles. The summed E-state index contributed by atoms with van der Waals surface area (Å²) in [4.78, 5) is 10.5. The van der Waals surface area contributed by atoms with Gasteiger partial charge in [-0.1, -0.05) is 20.8 Å². The SMILES string of the molecule is CC(=O)C(C)(C)C.[CaH2]. The molecule has 0 unspecified atom stereocenters. The predicted octanol–water partition coefficient (Wildman–Crippen LogP) is 0.705. The summed E-state index contributed by atoms with van der Waals surface area (Å²) in [6.07, 6.45) is 0. The van der Waals surface area contributed by atoms with Crippen molar-refractivity contribution in [2.45, 2.75) is 27.7 Å². The zero-order valence-corrected chi connectivity index (χ0v) is 5.41. The molecule has 8 heavy (non-hydrogen) atoms. The molecule has 0 bridgehead atoms. The van der Waals surface area contributed by atoms with E-state index in [0.717, 1.165) is 0 Å². The minimum atomic E-state index is -0.139. The monoisotopic (exact) mass is 142 g/mol. The Morgan fingerprint density at radius 2 is 1.38 bits per heavy atom. The van der Waals surface area contributed by atoms with Gasteiger partial charge in [0, 0.05) is 5.41 Å². The van der Waals surface area contributed by atoms with E-state index >= 15 is 0 Å². The fraction of sp³-hybridized carbons (Fsp3) is 0.833. The van der Waals surface area contributed by atoms with Crippen LogP contribution in [0.2, 0.25) is 0 Å². The average molecular weight is 142 g/mol. The second kappa shape index (κ2) is 3.86. The van der Waals surface area contributed by atoms with Gasteiger partial charge in [-0.2, -0.15) is 0 Å². The van der Waals surface area contributed by atoms with E-state index in [1.807, 2.05) is 20.8 Å². The summed E-state index contributed by atoms with van der Waals surface area (Å²) < 4.78 is 0. The van der Waals surface area contributed by atoms with E-state index in [-0.39, 0.29) is 48.9 Å². The molecule has 0 spiro atoms. The van der Waals surface area contributed by atoms with Gasteiger partial charge in [0.05, 0.1) is 0 Å². The molecule has 0 saturated heterocycles. The van der Waals surface area contributed by atoms with Crippen LogP contribution in [0.15, 0.2) is 0 Å². The number of carbonyl (C=O) groups excluding carboxylic acids is 1. The van der Waals surface area contributed by atoms with Crippen molar-refractivity contribution in [3.8, 4) is 0 Å². The molecule has 0 atom stereocenters.